The van der Waals surface area contributed by atoms with Crippen molar-refractivity contribution in [3.05, 3.63) is 0 Å². The Morgan fingerprint density at radius 3 is 1.50 bits per heavy atom. The van der Waals surface area contributed by atoms with Crippen molar-refractivity contribution in [3.63, 3.8) is 0 Å². The maximum atomic E-state index is 14.2. The molecule has 3 aliphatic heterocycles. The van der Waals surface area contributed by atoms with Gasteiger partial charge in [-0.25, -0.2) is 4.79 Å². The molecule has 21 heteroatoms. The number of carbonyl (C=O) groups excluding carboxylic acids is 1. The van der Waals surface area contributed by atoms with E-state index in [9.17, 15) is 91.3 Å². The molecule has 3 heterocycles. The van der Waals surface area contributed by atoms with Crippen LogP contribution in [-0.2, 0) is 23.8 Å². The lowest BCUT2D eigenvalue weighted by Crippen LogP contribution is -2.84. The van der Waals surface area contributed by atoms with Gasteiger partial charge in [0, 0.05) is 0 Å². The van der Waals surface area contributed by atoms with Crippen molar-refractivity contribution in [2.24, 2.45) is 0 Å². The van der Waals surface area contributed by atoms with Crippen LogP contribution < -0.4 is 0 Å². The van der Waals surface area contributed by atoms with E-state index in [4.69, 9.17) is 14.2 Å². The molecule has 3 rings (SSSR count). The molecular weight excluding hydrogens is 612 g/mol. The summed E-state index contributed by atoms with van der Waals surface area (Å²) in [6.45, 7) is -4.08. The zero-order valence-corrected chi connectivity index (χ0v) is 22.6. The summed E-state index contributed by atoms with van der Waals surface area (Å²) < 4.78 is 15.4. The molecule has 0 saturated carbocycles. The minimum absolute atomic E-state index is 1.15. The fourth-order valence-electron chi connectivity index (χ4n) is 5.79. The van der Waals surface area contributed by atoms with Crippen molar-refractivity contribution < 1.29 is 106 Å². The van der Waals surface area contributed by atoms with Crippen molar-refractivity contribution >= 4 is 11.8 Å². The van der Waals surface area contributed by atoms with Crippen molar-refractivity contribution in [2.75, 3.05) is 19.8 Å². The highest BCUT2D eigenvalue weighted by molar-refractivity contribution is 5.94. The van der Waals surface area contributed by atoms with Gasteiger partial charge in [0.25, 0.3) is 0 Å². The maximum absolute atomic E-state index is 14.2. The predicted molar refractivity (Wildman–Crippen MR) is 130 cm³/mol. The number of carboxylic acids is 1. The first-order valence-electron chi connectivity index (χ1n) is 13.2. The van der Waals surface area contributed by atoms with Crippen molar-refractivity contribution in [1.29, 1.82) is 0 Å². The van der Waals surface area contributed by atoms with E-state index < -0.39 is 140 Å². The molecule has 3 fully saturated rings. The molecule has 21 nitrogen and oxygen atoms in total. The monoisotopic (exact) mass is 650 g/mol. The molecule has 0 aliphatic carbocycles. The Kier molecular flexibility index (Phi) is 11.4. The number of rotatable bonds is 10. The van der Waals surface area contributed by atoms with Gasteiger partial charge in [0.2, 0.25) is 5.78 Å². The van der Waals surface area contributed by atoms with Crippen LogP contribution in [0.15, 0.2) is 0 Å². The molecule has 0 aromatic heterocycles. The maximum Gasteiger partial charge on any atom is 0.335 e. The van der Waals surface area contributed by atoms with Crippen LogP contribution in [0.4, 0.5) is 0 Å². The lowest BCUT2D eigenvalue weighted by molar-refractivity contribution is -0.350. The van der Waals surface area contributed by atoms with E-state index in [1.165, 1.54) is 0 Å². The van der Waals surface area contributed by atoms with Gasteiger partial charge >= 0.3 is 5.97 Å². The smallest absolute Gasteiger partial charge is 0.335 e. The molecule has 3 unspecified atom stereocenters. The molecule has 44 heavy (non-hydrogen) atoms. The number of aliphatic hydroxyl groups excluding tert-OH is 13. The van der Waals surface area contributed by atoms with Gasteiger partial charge < -0.3 is 95.9 Å². The third kappa shape index (κ3) is 5.65. The number of hydrogen-bond acceptors (Lipinski definition) is 20. The van der Waals surface area contributed by atoms with Crippen LogP contribution in [0.5, 0.6) is 0 Å². The first-order valence-corrected chi connectivity index (χ1v) is 13.2. The molecule has 0 aromatic carbocycles. The molecule has 0 aromatic rings. The molecule has 0 amide bonds. The summed E-state index contributed by atoms with van der Waals surface area (Å²) >= 11 is 0. The highest BCUT2D eigenvalue weighted by atomic mass is 16.6. The summed E-state index contributed by atoms with van der Waals surface area (Å²) in [7, 11) is 0. The zero-order valence-electron chi connectivity index (χ0n) is 22.6. The SMILES string of the molecule is O=C(O)[C@H]1OC([C@](O)([C@H](O)CO)[C@@](O)(C(=O)C2O[C@H](CO)[C@H](O)[C@H](O)[C@H]2O)C2O[C@H](CO)[C@H](O)[C@H](O)[C@H]2O)[C@H](O)[C@@H](O)[C@@H]1O. The third-order valence-electron chi connectivity index (χ3n) is 8.41. The van der Waals surface area contributed by atoms with Gasteiger partial charge in [-0.3, -0.25) is 4.79 Å². The van der Waals surface area contributed by atoms with E-state index in [0.717, 1.165) is 0 Å². The van der Waals surface area contributed by atoms with Gasteiger partial charge in [0.15, 0.2) is 17.3 Å². The summed E-state index contributed by atoms with van der Waals surface area (Å²) in [5.74, 6) is -4.23. The van der Waals surface area contributed by atoms with Gasteiger partial charge in [0.05, 0.1) is 19.8 Å². The molecule has 16 N–H and O–H groups in total. The van der Waals surface area contributed by atoms with E-state index in [0.29, 0.717) is 0 Å². The van der Waals surface area contributed by atoms with Crippen LogP contribution >= 0.6 is 0 Å². The fraction of sp³-hybridized carbons (Fsp3) is 0.913. The number of Topliss-reactive ketones (excluding diaryl/α,β-unsaturated/α-hetero) is 1. The molecule has 18 atom stereocenters. The van der Waals surface area contributed by atoms with E-state index in [2.05, 4.69) is 0 Å². The molecule has 3 saturated heterocycles. The van der Waals surface area contributed by atoms with Crippen LogP contribution in [0.3, 0.4) is 0 Å². The summed E-state index contributed by atoms with van der Waals surface area (Å²) in [5.41, 5.74) is -8.41. The average Bonchev–Trinajstić information content (AvgIpc) is 3.00. The van der Waals surface area contributed by atoms with E-state index in [1.54, 1.807) is 0 Å². The second-order valence-corrected chi connectivity index (χ2v) is 10.9. The van der Waals surface area contributed by atoms with Gasteiger partial charge in [-0.2, -0.15) is 0 Å². The number of ether oxygens (including phenoxy) is 3. The minimum atomic E-state index is -4.27. The van der Waals surface area contributed by atoms with Crippen LogP contribution in [0.1, 0.15) is 0 Å². The molecule has 256 valence electrons. The highest BCUT2D eigenvalue weighted by Gasteiger charge is 2.74. The van der Waals surface area contributed by atoms with Crippen molar-refractivity contribution in [2.45, 2.75) is 109 Å². The molecule has 3 aliphatic rings. The first-order chi connectivity index (χ1) is 20.4. The highest BCUT2D eigenvalue weighted by Crippen LogP contribution is 2.45. The topological polar surface area (TPSA) is 386 Å². The Morgan fingerprint density at radius 1 is 0.591 bits per heavy atom. The average molecular weight is 651 g/mol. The van der Waals surface area contributed by atoms with Gasteiger partial charge in [-0.15, -0.1) is 0 Å². The molecular formula is C23H38O21. The van der Waals surface area contributed by atoms with Gasteiger partial charge in [-0.1, -0.05) is 0 Å². The van der Waals surface area contributed by atoms with Crippen molar-refractivity contribution in [3.8, 4) is 0 Å². The number of aliphatic hydroxyl groups is 15. The second kappa shape index (κ2) is 13.6. The number of hydrogen-bond donors (Lipinski definition) is 16. The zero-order chi connectivity index (χ0) is 33.6. The van der Waals surface area contributed by atoms with E-state index in [-0.39, 0.29) is 0 Å². The van der Waals surface area contributed by atoms with Crippen LogP contribution in [-0.4, -0.2) is 222 Å². The first kappa shape index (κ1) is 36.9. The number of ketones is 1. The normalized spacial score (nSPS) is 46.8. The molecule has 0 radical (unpaired) electrons. The Bertz CT molecular complexity index is 1010. The summed E-state index contributed by atoms with van der Waals surface area (Å²) in [6.07, 6.45) is -40.2. The Labute approximate surface area is 246 Å². The quantitative estimate of drug-likeness (QED) is 0.104. The number of carboxylic acid groups (broad SMARTS) is 1. The summed E-state index contributed by atoms with van der Waals surface area (Å²) in [5, 5.41) is 168. The van der Waals surface area contributed by atoms with Crippen LogP contribution in [0.25, 0.3) is 0 Å². The van der Waals surface area contributed by atoms with Gasteiger partial charge in [-0.05, 0) is 0 Å². The lowest BCUT2D eigenvalue weighted by atomic mass is 9.63. The van der Waals surface area contributed by atoms with Gasteiger partial charge in [0.1, 0.15) is 91.6 Å². The molecule has 0 spiro atoms. The van der Waals surface area contributed by atoms with Crippen LogP contribution in [0, 0.1) is 0 Å². The second-order valence-electron chi connectivity index (χ2n) is 10.9. The van der Waals surface area contributed by atoms with Crippen molar-refractivity contribution in [1.82, 2.24) is 0 Å². The minimum Gasteiger partial charge on any atom is -0.479 e. The third-order valence-corrected chi connectivity index (χ3v) is 8.41. The standard InChI is InChI=1S/C23H38O21/c24-1-4-7(28)9(30)12(33)16(42-4)18(37)23(41,20-14(35)10(31)8(29)5(2-25)43-20)22(40,6(27)3-26)19-15(36)11(32)13(34)17(44-19)21(38)39/h4-17,19-20,24-36,40-41H,1-3H2,(H,38,39)/t4-,5-,6-,7+,8+,9+,10+,11+,12-,13+,14-,15-,16?,17+,19?,20?,22-,23-/m1/s1. The molecule has 0 bridgehead atoms. The van der Waals surface area contributed by atoms with E-state index in [1.807, 2.05) is 0 Å². The number of carbonyl (C=O) groups is 2. The Morgan fingerprint density at radius 2 is 1.02 bits per heavy atom. The largest absolute Gasteiger partial charge is 0.479 e. The lowest BCUT2D eigenvalue weighted by Gasteiger charge is -2.57. The number of aliphatic carboxylic acids is 1. The van der Waals surface area contributed by atoms with E-state index >= 15 is 0 Å². The fourth-order valence-corrected chi connectivity index (χ4v) is 5.79. The Balaban J connectivity index is 2.34. The predicted octanol–water partition coefficient (Wildman–Crippen LogP) is -11.0. The Hall–Kier alpha value is -1.58. The van der Waals surface area contributed by atoms with Crippen LogP contribution in [0.2, 0.25) is 0 Å². The summed E-state index contributed by atoms with van der Waals surface area (Å²) in [4.78, 5) is 26.0. The summed E-state index contributed by atoms with van der Waals surface area (Å²) in [6, 6.07) is 0.